The first-order chi connectivity index (χ1) is 11.8. The molecule has 24 heavy (non-hydrogen) atoms. The molecular formula is C19H20N2O2S. The number of carbonyl (C=O) groups is 1. The first kappa shape index (κ1) is 15.4. The van der Waals surface area contributed by atoms with Crippen molar-refractivity contribution in [2.24, 2.45) is 0 Å². The van der Waals surface area contributed by atoms with E-state index in [9.17, 15) is 4.79 Å². The number of anilines is 1. The summed E-state index contributed by atoms with van der Waals surface area (Å²) in [6.07, 6.45) is 6.40. The third kappa shape index (κ3) is 2.73. The second-order valence-corrected chi connectivity index (χ2v) is 7.29. The highest BCUT2D eigenvalue weighted by Crippen LogP contribution is 2.34. The number of aromatic nitrogens is 1. The number of rotatable bonds is 4. The number of hydrogen-bond donors (Lipinski definition) is 0. The van der Waals surface area contributed by atoms with Gasteiger partial charge in [-0.2, -0.15) is 0 Å². The highest BCUT2D eigenvalue weighted by molar-refractivity contribution is 7.16. The maximum absolute atomic E-state index is 13.0. The molecule has 0 spiro atoms. The van der Waals surface area contributed by atoms with E-state index < -0.39 is 6.10 Å². The maximum Gasteiger partial charge on any atom is 0.270 e. The second kappa shape index (κ2) is 6.40. The van der Waals surface area contributed by atoms with Gasteiger partial charge in [-0.05, 0) is 37.3 Å². The standard InChI is InChI=1S/C19H20N2O2S/c1-2-11-21(19-20-14-8-4-6-10-17(14)24-19)18(22)16-12-13-7-3-5-9-15(13)23-16/h2-3,5,7,9,16H,1,4,6,8,10-12H2. The quantitative estimate of drug-likeness (QED) is 0.800. The molecule has 4 nitrogen and oxygen atoms in total. The van der Waals surface area contributed by atoms with Crippen LogP contribution in [-0.2, 0) is 24.1 Å². The number of carbonyl (C=O) groups excluding carboxylic acids is 1. The Kier molecular flexibility index (Phi) is 4.10. The molecule has 0 radical (unpaired) electrons. The molecule has 1 amide bonds. The van der Waals surface area contributed by atoms with Gasteiger partial charge in [0.1, 0.15) is 5.75 Å². The van der Waals surface area contributed by atoms with Crippen molar-refractivity contribution in [2.45, 2.75) is 38.2 Å². The molecule has 2 aromatic rings. The molecule has 124 valence electrons. The van der Waals surface area contributed by atoms with Crippen LogP contribution in [0.3, 0.4) is 0 Å². The summed E-state index contributed by atoms with van der Waals surface area (Å²) in [5.74, 6) is 0.782. The molecule has 4 rings (SSSR count). The molecule has 0 saturated carbocycles. The fraction of sp³-hybridized carbons (Fsp3) is 0.368. The third-order valence-corrected chi connectivity index (χ3v) is 5.75. The Balaban J connectivity index is 1.58. The van der Waals surface area contributed by atoms with E-state index in [0.717, 1.165) is 29.3 Å². The molecule has 0 saturated heterocycles. The van der Waals surface area contributed by atoms with Crippen LogP contribution in [0.4, 0.5) is 5.13 Å². The van der Waals surface area contributed by atoms with Crippen molar-refractivity contribution in [3.63, 3.8) is 0 Å². The molecule has 1 atom stereocenters. The van der Waals surface area contributed by atoms with Gasteiger partial charge in [0.2, 0.25) is 0 Å². The van der Waals surface area contributed by atoms with Crippen molar-refractivity contribution in [3.8, 4) is 5.75 Å². The zero-order valence-electron chi connectivity index (χ0n) is 13.5. The van der Waals surface area contributed by atoms with Crippen LogP contribution in [0.5, 0.6) is 5.75 Å². The number of benzene rings is 1. The summed E-state index contributed by atoms with van der Waals surface area (Å²) < 4.78 is 5.87. The van der Waals surface area contributed by atoms with Gasteiger partial charge >= 0.3 is 0 Å². The molecule has 1 unspecified atom stereocenters. The summed E-state index contributed by atoms with van der Waals surface area (Å²) in [5, 5.41) is 0.784. The van der Waals surface area contributed by atoms with Crippen molar-refractivity contribution < 1.29 is 9.53 Å². The van der Waals surface area contributed by atoms with Crippen LogP contribution in [0.15, 0.2) is 36.9 Å². The van der Waals surface area contributed by atoms with Crippen LogP contribution < -0.4 is 9.64 Å². The van der Waals surface area contributed by atoms with E-state index in [0.29, 0.717) is 13.0 Å². The van der Waals surface area contributed by atoms with Gasteiger partial charge in [0, 0.05) is 17.8 Å². The molecule has 1 aliphatic carbocycles. The first-order valence-corrected chi connectivity index (χ1v) is 9.23. The zero-order valence-corrected chi connectivity index (χ0v) is 14.3. The van der Waals surface area contributed by atoms with Gasteiger partial charge in [-0.25, -0.2) is 4.98 Å². The van der Waals surface area contributed by atoms with Crippen LogP contribution in [0.1, 0.15) is 29.0 Å². The number of amides is 1. The molecule has 2 heterocycles. The fourth-order valence-electron chi connectivity index (χ4n) is 3.34. The molecule has 5 heteroatoms. The average molecular weight is 340 g/mol. The minimum Gasteiger partial charge on any atom is -0.480 e. The minimum absolute atomic E-state index is 0.0304. The number of aryl methyl sites for hydroxylation is 2. The SMILES string of the molecule is C=CCN(C(=O)C1Cc2ccccc2O1)c1nc2c(s1)CCCC2. The second-order valence-electron chi connectivity index (χ2n) is 6.23. The van der Waals surface area contributed by atoms with E-state index in [1.54, 1.807) is 22.3 Å². The summed E-state index contributed by atoms with van der Waals surface area (Å²) in [4.78, 5) is 20.8. The van der Waals surface area contributed by atoms with E-state index in [-0.39, 0.29) is 5.91 Å². The predicted octanol–water partition coefficient (Wildman–Crippen LogP) is 3.54. The van der Waals surface area contributed by atoms with Gasteiger partial charge in [0.05, 0.1) is 5.69 Å². The molecule has 1 aromatic carbocycles. The van der Waals surface area contributed by atoms with Gasteiger partial charge in [0.25, 0.3) is 5.91 Å². The van der Waals surface area contributed by atoms with E-state index in [4.69, 9.17) is 9.72 Å². The molecule has 1 aliphatic heterocycles. The van der Waals surface area contributed by atoms with Gasteiger partial charge < -0.3 is 4.74 Å². The van der Waals surface area contributed by atoms with Crippen LogP contribution in [0.2, 0.25) is 0 Å². The van der Waals surface area contributed by atoms with Crippen molar-refractivity contribution in [1.82, 2.24) is 4.98 Å². The van der Waals surface area contributed by atoms with Crippen LogP contribution in [0.25, 0.3) is 0 Å². The molecule has 1 aromatic heterocycles. The summed E-state index contributed by atoms with van der Waals surface area (Å²) in [6, 6.07) is 7.85. The monoisotopic (exact) mass is 340 g/mol. The normalized spacial score (nSPS) is 18.4. The number of hydrogen-bond acceptors (Lipinski definition) is 4. The number of fused-ring (bicyclic) bond motifs is 2. The predicted molar refractivity (Wildman–Crippen MR) is 95.9 cm³/mol. The lowest BCUT2D eigenvalue weighted by Crippen LogP contribution is -2.41. The Morgan fingerprint density at radius 3 is 3.00 bits per heavy atom. The van der Waals surface area contributed by atoms with Crippen molar-refractivity contribution in [3.05, 3.63) is 53.1 Å². The smallest absolute Gasteiger partial charge is 0.270 e. The first-order valence-electron chi connectivity index (χ1n) is 8.41. The number of thiazole rings is 1. The van der Waals surface area contributed by atoms with Gasteiger partial charge in [-0.1, -0.05) is 24.3 Å². The van der Waals surface area contributed by atoms with Crippen LogP contribution >= 0.6 is 11.3 Å². The molecule has 0 N–H and O–H groups in total. The van der Waals surface area contributed by atoms with E-state index in [1.807, 2.05) is 24.3 Å². The Morgan fingerprint density at radius 1 is 1.38 bits per heavy atom. The lowest BCUT2D eigenvalue weighted by Gasteiger charge is -2.21. The van der Waals surface area contributed by atoms with Crippen LogP contribution in [-0.4, -0.2) is 23.5 Å². The van der Waals surface area contributed by atoms with Gasteiger partial charge in [-0.3, -0.25) is 9.69 Å². The van der Waals surface area contributed by atoms with E-state index in [1.165, 1.54) is 23.4 Å². The minimum atomic E-state index is -0.469. The van der Waals surface area contributed by atoms with Gasteiger partial charge in [-0.15, -0.1) is 17.9 Å². The third-order valence-electron chi connectivity index (χ3n) is 4.57. The molecular weight excluding hydrogens is 320 g/mol. The molecule has 2 aliphatic rings. The number of para-hydroxylation sites is 1. The Labute approximate surface area is 145 Å². The number of ether oxygens (including phenoxy) is 1. The topological polar surface area (TPSA) is 42.4 Å². The lowest BCUT2D eigenvalue weighted by atomic mass is 10.0. The van der Waals surface area contributed by atoms with Gasteiger partial charge in [0.15, 0.2) is 11.2 Å². The summed E-state index contributed by atoms with van der Waals surface area (Å²) in [5.41, 5.74) is 2.26. The van der Waals surface area contributed by atoms with Crippen molar-refractivity contribution >= 4 is 22.4 Å². The Bertz CT molecular complexity index is 735. The van der Waals surface area contributed by atoms with E-state index in [2.05, 4.69) is 6.58 Å². The lowest BCUT2D eigenvalue weighted by molar-refractivity contribution is -0.124. The largest absolute Gasteiger partial charge is 0.480 e. The van der Waals surface area contributed by atoms with Crippen molar-refractivity contribution in [2.75, 3.05) is 11.4 Å². The Hall–Kier alpha value is -2.14. The summed E-state index contributed by atoms with van der Waals surface area (Å²) >= 11 is 1.65. The van der Waals surface area contributed by atoms with Crippen LogP contribution in [0, 0.1) is 0 Å². The highest BCUT2D eigenvalue weighted by atomic mass is 32.1. The zero-order chi connectivity index (χ0) is 16.5. The highest BCUT2D eigenvalue weighted by Gasteiger charge is 2.34. The molecule has 0 fully saturated rings. The average Bonchev–Trinajstić information content (AvgIpc) is 3.22. The Morgan fingerprint density at radius 2 is 2.21 bits per heavy atom. The number of nitrogens with zero attached hydrogens (tertiary/aromatic N) is 2. The maximum atomic E-state index is 13.0. The molecule has 0 bridgehead atoms. The van der Waals surface area contributed by atoms with E-state index >= 15 is 0 Å². The summed E-state index contributed by atoms with van der Waals surface area (Å²) in [7, 11) is 0. The van der Waals surface area contributed by atoms with Crippen molar-refractivity contribution in [1.29, 1.82) is 0 Å². The fourth-order valence-corrected chi connectivity index (χ4v) is 4.50. The summed E-state index contributed by atoms with van der Waals surface area (Å²) in [6.45, 7) is 4.26.